The van der Waals surface area contributed by atoms with Crippen LogP contribution in [0.3, 0.4) is 0 Å². The van der Waals surface area contributed by atoms with Crippen molar-refractivity contribution in [3.8, 4) is 0 Å². The number of likely N-dealkylation sites (tertiary alicyclic amines) is 1. The molecular formula is C15H29IN6. The Labute approximate surface area is 150 Å². The maximum absolute atomic E-state index is 4.76. The number of halogens is 1. The van der Waals surface area contributed by atoms with Crippen LogP contribution in [0.4, 0.5) is 0 Å². The van der Waals surface area contributed by atoms with Crippen LogP contribution < -0.4 is 5.32 Å². The molecule has 1 aliphatic heterocycles. The van der Waals surface area contributed by atoms with Crippen molar-refractivity contribution in [3.63, 3.8) is 0 Å². The predicted octanol–water partition coefficient (Wildman–Crippen LogP) is 2.16. The first kappa shape index (κ1) is 19.2. The number of hydrogen-bond donors (Lipinski definition) is 1. The highest BCUT2D eigenvalue weighted by Gasteiger charge is 2.16. The first-order valence-corrected chi connectivity index (χ1v) is 8.10. The lowest BCUT2D eigenvalue weighted by atomic mass is 10.2. The Morgan fingerprint density at radius 2 is 2.09 bits per heavy atom. The third-order valence-corrected chi connectivity index (χ3v) is 3.66. The van der Waals surface area contributed by atoms with Crippen LogP contribution in [0.15, 0.2) is 11.3 Å². The van der Waals surface area contributed by atoms with Crippen LogP contribution in [-0.4, -0.2) is 51.8 Å². The van der Waals surface area contributed by atoms with Crippen molar-refractivity contribution in [3.05, 3.63) is 12.2 Å². The average molecular weight is 420 g/mol. The summed E-state index contributed by atoms with van der Waals surface area (Å²) in [5.41, 5.74) is 0. The van der Waals surface area contributed by atoms with Gasteiger partial charge in [0.15, 0.2) is 5.96 Å². The van der Waals surface area contributed by atoms with Gasteiger partial charge in [0.2, 0.25) is 0 Å². The summed E-state index contributed by atoms with van der Waals surface area (Å²) in [4.78, 5) is 7.13. The van der Waals surface area contributed by atoms with Crippen molar-refractivity contribution in [1.82, 2.24) is 25.0 Å². The van der Waals surface area contributed by atoms with Crippen LogP contribution in [0.1, 0.15) is 39.4 Å². The molecule has 1 fully saturated rings. The van der Waals surface area contributed by atoms with Crippen molar-refractivity contribution in [2.45, 2.75) is 46.6 Å². The molecule has 0 unspecified atom stereocenters. The smallest absolute Gasteiger partial charge is 0.193 e. The zero-order chi connectivity index (χ0) is 15.1. The maximum atomic E-state index is 4.76. The largest absolute Gasteiger partial charge is 0.354 e. The molecule has 126 valence electrons. The van der Waals surface area contributed by atoms with Crippen molar-refractivity contribution in [1.29, 1.82) is 0 Å². The van der Waals surface area contributed by atoms with Gasteiger partial charge < -0.3 is 14.8 Å². The number of aliphatic imine (C=N–C) groups is 1. The normalized spacial score (nSPS) is 15.3. The van der Waals surface area contributed by atoms with Gasteiger partial charge in [-0.2, -0.15) is 0 Å². The standard InChI is InChI=1S/C15H28N6.HI/c1-4-14-19-18-12-21(14)10-7-16-15(17-11-13(2)3)20-8-5-6-9-20;/h12-13H,4-11H2,1-3H3,(H,16,17);1H. The van der Waals surface area contributed by atoms with E-state index in [-0.39, 0.29) is 24.0 Å². The Hall–Kier alpha value is -0.860. The van der Waals surface area contributed by atoms with E-state index in [0.717, 1.165) is 50.9 Å². The van der Waals surface area contributed by atoms with Crippen molar-refractivity contribution in [2.24, 2.45) is 10.9 Å². The Morgan fingerprint density at radius 1 is 1.36 bits per heavy atom. The molecular weight excluding hydrogens is 391 g/mol. The minimum absolute atomic E-state index is 0. The molecule has 1 aromatic heterocycles. The number of nitrogens with one attached hydrogen (secondary N) is 1. The third kappa shape index (κ3) is 5.73. The van der Waals surface area contributed by atoms with Gasteiger partial charge in [0.25, 0.3) is 0 Å². The van der Waals surface area contributed by atoms with E-state index < -0.39 is 0 Å². The molecule has 1 aliphatic rings. The molecule has 0 amide bonds. The molecule has 1 saturated heterocycles. The Bertz CT molecular complexity index is 451. The zero-order valence-corrected chi connectivity index (χ0v) is 16.3. The van der Waals surface area contributed by atoms with E-state index in [2.05, 4.69) is 45.8 Å². The van der Waals surface area contributed by atoms with Crippen LogP contribution in [0, 0.1) is 5.92 Å². The summed E-state index contributed by atoms with van der Waals surface area (Å²) < 4.78 is 2.11. The lowest BCUT2D eigenvalue weighted by Crippen LogP contribution is -2.41. The minimum atomic E-state index is 0. The molecule has 22 heavy (non-hydrogen) atoms. The second kappa shape index (κ2) is 10.0. The predicted molar refractivity (Wildman–Crippen MR) is 101 cm³/mol. The Balaban J connectivity index is 0.00000242. The van der Waals surface area contributed by atoms with Gasteiger partial charge in [0.1, 0.15) is 12.2 Å². The van der Waals surface area contributed by atoms with E-state index >= 15 is 0 Å². The summed E-state index contributed by atoms with van der Waals surface area (Å²) in [6.07, 6.45) is 5.27. The first-order chi connectivity index (χ1) is 10.2. The van der Waals surface area contributed by atoms with E-state index in [1.165, 1.54) is 12.8 Å². The SMILES string of the molecule is CCc1nncn1CCNC(=NCC(C)C)N1CCCC1.I. The molecule has 0 bridgehead atoms. The fraction of sp³-hybridized carbons (Fsp3) is 0.800. The molecule has 1 N–H and O–H groups in total. The van der Waals surface area contributed by atoms with Gasteiger partial charge in [0.05, 0.1) is 0 Å². The lowest BCUT2D eigenvalue weighted by Gasteiger charge is -2.22. The first-order valence-electron chi connectivity index (χ1n) is 8.10. The third-order valence-electron chi connectivity index (χ3n) is 3.66. The fourth-order valence-corrected chi connectivity index (χ4v) is 2.49. The van der Waals surface area contributed by atoms with E-state index in [1.807, 2.05) is 0 Å². The van der Waals surface area contributed by atoms with Gasteiger partial charge in [-0.3, -0.25) is 4.99 Å². The van der Waals surface area contributed by atoms with Crippen LogP contribution in [0.5, 0.6) is 0 Å². The van der Waals surface area contributed by atoms with Gasteiger partial charge in [-0.05, 0) is 18.8 Å². The summed E-state index contributed by atoms with van der Waals surface area (Å²) in [5.74, 6) is 2.69. The lowest BCUT2D eigenvalue weighted by molar-refractivity contribution is 0.482. The monoisotopic (exact) mass is 420 g/mol. The van der Waals surface area contributed by atoms with Crippen LogP contribution in [0.2, 0.25) is 0 Å². The van der Waals surface area contributed by atoms with Gasteiger partial charge in [-0.15, -0.1) is 34.2 Å². The summed E-state index contributed by atoms with van der Waals surface area (Å²) in [7, 11) is 0. The number of nitrogens with zero attached hydrogens (tertiary/aromatic N) is 5. The highest BCUT2D eigenvalue weighted by atomic mass is 127. The van der Waals surface area contributed by atoms with E-state index in [0.29, 0.717) is 5.92 Å². The minimum Gasteiger partial charge on any atom is -0.354 e. The summed E-state index contributed by atoms with van der Waals surface area (Å²) in [5, 5.41) is 11.6. The summed E-state index contributed by atoms with van der Waals surface area (Å²) >= 11 is 0. The van der Waals surface area contributed by atoms with Gasteiger partial charge >= 0.3 is 0 Å². The molecule has 0 aromatic carbocycles. The molecule has 2 rings (SSSR count). The van der Waals surface area contributed by atoms with Gasteiger partial charge in [-0.25, -0.2) is 0 Å². The highest BCUT2D eigenvalue weighted by Crippen LogP contribution is 2.08. The molecule has 6 nitrogen and oxygen atoms in total. The van der Waals surface area contributed by atoms with E-state index in [1.54, 1.807) is 6.33 Å². The fourth-order valence-electron chi connectivity index (χ4n) is 2.49. The Kier molecular flexibility index (Phi) is 8.74. The van der Waals surface area contributed by atoms with Crippen molar-refractivity contribution in [2.75, 3.05) is 26.2 Å². The van der Waals surface area contributed by atoms with Gasteiger partial charge in [0, 0.05) is 39.1 Å². The molecule has 0 atom stereocenters. The molecule has 2 heterocycles. The molecule has 7 heteroatoms. The molecule has 0 spiro atoms. The van der Waals surface area contributed by atoms with Crippen molar-refractivity contribution >= 4 is 29.9 Å². The van der Waals surface area contributed by atoms with Crippen LogP contribution in [0.25, 0.3) is 0 Å². The average Bonchev–Trinajstić information content (AvgIpc) is 3.13. The second-order valence-electron chi connectivity index (χ2n) is 5.97. The molecule has 0 radical (unpaired) electrons. The van der Waals surface area contributed by atoms with Crippen LogP contribution in [-0.2, 0) is 13.0 Å². The quantitative estimate of drug-likeness (QED) is 0.436. The maximum Gasteiger partial charge on any atom is 0.193 e. The van der Waals surface area contributed by atoms with Crippen LogP contribution >= 0.6 is 24.0 Å². The van der Waals surface area contributed by atoms with Gasteiger partial charge in [-0.1, -0.05) is 20.8 Å². The molecule has 0 aliphatic carbocycles. The number of hydrogen-bond acceptors (Lipinski definition) is 3. The van der Waals surface area contributed by atoms with E-state index in [9.17, 15) is 0 Å². The summed E-state index contributed by atoms with van der Waals surface area (Å²) in [6.45, 7) is 11.4. The number of guanidine groups is 1. The highest BCUT2D eigenvalue weighted by molar-refractivity contribution is 14.0. The second-order valence-corrected chi connectivity index (χ2v) is 5.97. The Morgan fingerprint density at radius 3 is 2.73 bits per heavy atom. The van der Waals surface area contributed by atoms with Crippen molar-refractivity contribution < 1.29 is 0 Å². The summed E-state index contributed by atoms with van der Waals surface area (Å²) in [6, 6.07) is 0. The molecule has 0 saturated carbocycles. The number of aromatic nitrogens is 3. The number of aryl methyl sites for hydroxylation is 1. The zero-order valence-electron chi connectivity index (χ0n) is 14.0. The number of rotatable bonds is 6. The topological polar surface area (TPSA) is 58.3 Å². The van der Waals surface area contributed by atoms with E-state index in [4.69, 9.17) is 4.99 Å². The molecule has 1 aromatic rings.